The molecule has 8 heteroatoms. The van der Waals surface area contributed by atoms with E-state index in [0.29, 0.717) is 16.4 Å². The number of halogens is 1. The van der Waals surface area contributed by atoms with E-state index in [0.717, 1.165) is 5.56 Å². The Balaban J connectivity index is 2.67. The molecule has 1 heterocycles. The summed E-state index contributed by atoms with van der Waals surface area (Å²) in [4.78, 5) is 0. The van der Waals surface area contributed by atoms with Gasteiger partial charge in [0.25, 0.3) is 15.2 Å². The lowest BCUT2D eigenvalue weighted by molar-refractivity contribution is 0.580. The van der Waals surface area contributed by atoms with Crippen LogP contribution in [0.25, 0.3) is 11.4 Å². The fraction of sp³-hybridized carbons (Fsp3) is 0.200. The van der Waals surface area contributed by atoms with Gasteiger partial charge >= 0.3 is 0 Å². The van der Waals surface area contributed by atoms with Crippen molar-refractivity contribution in [1.29, 1.82) is 0 Å². The number of benzene rings is 1. The third-order valence-electron chi connectivity index (χ3n) is 2.52. The smallest absolute Gasteiger partial charge is 0.273 e. The summed E-state index contributed by atoms with van der Waals surface area (Å²) in [6.45, 7) is 1.85. The maximum atomic E-state index is 11.3. The summed E-state index contributed by atoms with van der Waals surface area (Å²) in [7, 11) is -2.38. The lowest BCUT2D eigenvalue weighted by atomic mass is 10.1. The van der Waals surface area contributed by atoms with Gasteiger partial charge in [0.2, 0.25) is 0 Å². The third kappa shape index (κ3) is 2.12. The van der Waals surface area contributed by atoms with Gasteiger partial charge in [-0.3, -0.25) is 4.57 Å². The summed E-state index contributed by atoms with van der Waals surface area (Å²) >= 11 is 6.16. The van der Waals surface area contributed by atoms with Gasteiger partial charge in [-0.1, -0.05) is 23.7 Å². The maximum Gasteiger partial charge on any atom is 0.273 e. The summed E-state index contributed by atoms with van der Waals surface area (Å²) in [6, 6.07) is 5.40. The minimum absolute atomic E-state index is 0.296. The molecule has 0 aliphatic heterocycles. The summed E-state index contributed by atoms with van der Waals surface area (Å²) in [5.41, 5.74) is 1.48. The van der Waals surface area contributed by atoms with Crippen LogP contribution in [0.1, 0.15) is 5.56 Å². The fourth-order valence-corrected chi connectivity index (χ4v) is 2.45. The second kappa shape index (κ2) is 4.34. The molecular formula is C10H11ClN4O2S. The van der Waals surface area contributed by atoms with Crippen LogP contribution >= 0.6 is 11.6 Å². The first-order chi connectivity index (χ1) is 8.32. The van der Waals surface area contributed by atoms with Crippen LogP contribution in [0.2, 0.25) is 5.02 Å². The Bertz CT molecular complexity index is 709. The van der Waals surface area contributed by atoms with Crippen LogP contribution in [-0.2, 0) is 17.1 Å². The first kappa shape index (κ1) is 13.0. The van der Waals surface area contributed by atoms with Gasteiger partial charge in [0.15, 0.2) is 5.82 Å². The van der Waals surface area contributed by atoms with Crippen molar-refractivity contribution in [2.45, 2.75) is 12.1 Å². The van der Waals surface area contributed by atoms with Crippen LogP contribution in [0.4, 0.5) is 0 Å². The summed E-state index contributed by atoms with van der Waals surface area (Å²) < 4.78 is 23.8. The molecule has 2 rings (SSSR count). The van der Waals surface area contributed by atoms with Gasteiger partial charge in [0.05, 0.1) is 5.02 Å². The van der Waals surface area contributed by atoms with Crippen molar-refractivity contribution in [2.75, 3.05) is 0 Å². The standard InChI is InChI=1S/C10H11ClN4O2S/c1-6-4-3-5-7(8(6)11)9-13-14-10(15(9)2)18(12,16)17/h3-5H,1-2H3,(H2,12,16,17). The fourth-order valence-electron chi connectivity index (χ4n) is 1.62. The second-order valence-electron chi connectivity index (χ2n) is 3.85. The molecule has 1 aromatic heterocycles. The maximum absolute atomic E-state index is 11.3. The number of sulfonamides is 1. The molecule has 0 bridgehead atoms. The number of rotatable bonds is 2. The zero-order valence-electron chi connectivity index (χ0n) is 9.75. The molecule has 0 aliphatic rings. The van der Waals surface area contributed by atoms with Gasteiger partial charge in [0, 0.05) is 12.6 Å². The molecule has 6 nitrogen and oxygen atoms in total. The number of nitrogens with zero attached hydrogens (tertiary/aromatic N) is 3. The number of aryl methyl sites for hydroxylation is 1. The minimum atomic E-state index is -3.90. The van der Waals surface area contributed by atoms with E-state index in [2.05, 4.69) is 10.2 Å². The van der Waals surface area contributed by atoms with E-state index in [4.69, 9.17) is 16.7 Å². The highest BCUT2D eigenvalue weighted by molar-refractivity contribution is 7.89. The van der Waals surface area contributed by atoms with Gasteiger partial charge in [-0.05, 0) is 18.6 Å². The van der Waals surface area contributed by atoms with E-state index in [9.17, 15) is 8.42 Å². The van der Waals surface area contributed by atoms with E-state index >= 15 is 0 Å². The Morgan fingerprint density at radius 2 is 2.00 bits per heavy atom. The predicted molar refractivity (Wildman–Crippen MR) is 67.6 cm³/mol. The van der Waals surface area contributed by atoms with Gasteiger partial charge in [0.1, 0.15) is 0 Å². The van der Waals surface area contributed by atoms with Crippen molar-refractivity contribution in [3.05, 3.63) is 28.8 Å². The zero-order valence-corrected chi connectivity index (χ0v) is 11.3. The van der Waals surface area contributed by atoms with Gasteiger partial charge < -0.3 is 0 Å². The molecule has 1 aromatic carbocycles. The molecule has 0 saturated heterocycles. The Hall–Kier alpha value is -1.44. The van der Waals surface area contributed by atoms with E-state index in [1.54, 1.807) is 6.07 Å². The molecule has 0 radical (unpaired) electrons. The lowest BCUT2D eigenvalue weighted by Crippen LogP contribution is -2.17. The molecule has 0 aliphatic carbocycles. The van der Waals surface area contributed by atoms with Crippen LogP contribution < -0.4 is 5.14 Å². The Morgan fingerprint density at radius 3 is 2.56 bits per heavy atom. The molecule has 18 heavy (non-hydrogen) atoms. The summed E-state index contributed by atoms with van der Waals surface area (Å²) in [5, 5.41) is 12.6. The number of primary sulfonamides is 1. The molecule has 0 saturated carbocycles. The monoisotopic (exact) mass is 286 g/mol. The van der Waals surface area contributed by atoms with Gasteiger partial charge in [-0.15, -0.1) is 10.2 Å². The lowest BCUT2D eigenvalue weighted by Gasteiger charge is -2.06. The topological polar surface area (TPSA) is 90.9 Å². The molecule has 0 unspecified atom stereocenters. The highest BCUT2D eigenvalue weighted by Gasteiger charge is 2.20. The predicted octanol–water partition coefficient (Wildman–Crippen LogP) is 1.09. The molecule has 0 fully saturated rings. The normalized spacial score (nSPS) is 11.8. The van der Waals surface area contributed by atoms with E-state index < -0.39 is 10.0 Å². The van der Waals surface area contributed by atoms with E-state index in [1.807, 2.05) is 19.1 Å². The van der Waals surface area contributed by atoms with Crippen molar-refractivity contribution in [3.63, 3.8) is 0 Å². The third-order valence-corrected chi connectivity index (χ3v) is 3.89. The molecular weight excluding hydrogens is 276 g/mol. The van der Waals surface area contributed by atoms with Crippen LogP contribution in [0, 0.1) is 6.92 Å². The van der Waals surface area contributed by atoms with Crippen molar-refractivity contribution in [3.8, 4) is 11.4 Å². The summed E-state index contributed by atoms with van der Waals surface area (Å²) in [5.74, 6) is 0.354. The van der Waals surface area contributed by atoms with Crippen molar-refractivity contribution in [1.82, 2.24) is 14.8 Å². The first-order valence-corrected chi connectivity index (χ1v) is 6.92. The van der Waals surface area contributed by atoms with E-state index in [1.165, 1.54) is 11.6 Å². The highest BCUT2D eigenvalue weighted by atomic mass is 35.5. The SMILES string of the molecule is Cc1cccc(-c2nnc(S(N)(=O)=O)n2C)c1Cl. The number of hydrogen-bond donors (Lipinski definition) is 1. The average Bonchev–Trinajstić information content (AvgIpc) is 2.64. The molecule has 2 N–H and O–H groups in total. The van der Waals surface area contributed by atoms with Crippen LogP contribution in [-0.4, -0.2) is 23.2 Å². The van der Waals surface area contributed by atoms with Crippen LogP contribution in [0.5, 0.6) is 0 Å². The molecule has 96 valence electrons. The molecule has 0 spiro atoms. The molecule has 2 aromatic rings. The number of hydrogen-bond acceptors (Lipinski definition) is 4. The van der Waals surface area contributed by atoms with Crippen molar-refractivity contribution < 1.29 is 8.42 Å². The quantitative estimate of drug-likeness (QED) is 0.894. The first-order valence-electron chi connectivity index (χ1n) is 5.00. The highest BCUT2D eigenvalue weighted by Crippen LogP contribution is 2.29. The number of aromatic nitrogens is 3. The minimum Gasteiger partial charge on any atom is -0.300 e. The summed E-state index contributed by atoms with van der Waals surface area (Å²) in [6.07, 6.45) is 0. The Labute approximate surface area is 109 Å². The number of nitrogens with two attached hydrogens (primary N) is 1. The average molecular weight is 287 g/mol. The Morgan fingerprint density at radius 1 is 1.33 bits per heavy atom. The molecule has 0 atom stereocenters. The zero-order chi connectivity index (χ0) is 13.5. The van der Waals surface area contributed by atoms with Crippen LogP contribution in [0.3, 0.4) is 0 Å². The van der Waals surface area contributed by atoms with E-state index in [-0.39, 0.29) is 5.16 Å². The van der Waals surface area contributed by atoms with Crippen LogP contribution in [0.15, 0.2) is 23.4 Å². The largest absolute Gasteiger partial charge is 0.300 e. The van der Waals surface area contributed by atoms with Gasteiger partial charge in [-0.2, -0.15) is 0 Å². The second-order valence-corrected chi connectivity index (χ2v) is 5.68. The van der Waals surface area contributed by atoms with Crippen molar-refractivity contribution in [2.24, 2.45) is 12.2 Å². The van der Waals surface area contributed by atoms with Crippen molar-refractivity contribution >= 4 is 21.6 Å². The molecule has 0 amide bonds. The van der Waals surface area contributed by atoms with Gasteiger partial charge in [-0.25, -0.2) is 13.6 Å². The Kier molecular flexibility index (Phi) is 3.14.